The number of anilines is 2. The summed E-state index contributed by atoms with van der Waals surface area (Å²) in [5.41, 5.74) is 1.59. The van der Waals surface area contributed by atoms with Gasteiger partial charge in [0.05, 0.1) is 18.0 Å². The van der Waals surface area contributed by atoms with Crippen LogP contribution in [0.4, 0.5) is 16.2 Å². The first-order chi connectivity index (χ1) is 11.2. The molecule has 0 atom stereocenters. The molecule has 0 saturated heterocycles. The lowest BCUT2D eigenvalue weighted by Gasteiger charge is -2.22. The monoisotopic (exact) mass is 375 g/mol. The second-order valence-electron chi connectivity index (χ2n) is 5.32. The highest BCUT2D eigenvalue weighted by atomic mass is 79.9. The van der Waals surface area contributed by atoms with Gasteiger partial charge < -0.3 is 4.74 Å². The van der Waals surface area contributed by atoms with Crippen molar-refractivity contribution in [2.24, 2.45) is 0 Å². The molecule has 2 rings (SSSR count). The summed E-state index contributed by atoms with van der Waals surface area (Å²) >= 11 is 3.42. The highest BCUT2D eigenvalue weighted by Crippen LogP contribution is 2.27. The van der Waals surface area contributed by atoms with Gasteiger partial charge in [-0.15, -0.1) is 0 Å². The third kappa shape index (κ3) is 5.39. The van der Waals surface area contributed by atoms with Crippen LogP contribution in [0.3, 0.4) is 0 Å². The van der Waals surface area contributed by atoms with Gasteiger partial charge in [-0.2, -0.15) is 0 Å². The van der Waals surface area contributed by atoms with Gasteiger partial charge in [0.1, 0.15) is 0 Å². The summed E-state index contributed by atoms with van der Waals surface area (Å²) in [7, 11) is 0. The van der Waals surface area contributed by atoms with E-state index >= 15 is 0 Å². The Labute approximate surface area is 146 Å². The van der Waals surface area contributed by atoms with Crippen LogP contribution in [0.5, 0.6) is 0 Å². The maximum absolute atomic E-state index is 12.6. The van der Waals surface area contributed by atoms with E-state index in [1.165, 1.54) is 12.8 Å². The van der Waals surface area contributed by atoms with Gasteiger partial charge in [0.15, 0.2) is 0 Å². The molecule has 3 nitrogen and oxygen atoms in total. The van der Waals surface area contributed by atoms with E-state index in [0.29, 0.717) is 6.61 Å². The SMILES string of the molecule is CCCCCCOC(=O)N(c1ccccc1)c1ccc(Br)cc1. The Morgan fingerprint density at radius 2 is 1.61 bits per heavy atom. The van der Waals surface area contributed by atoms with Crippen LogP contribution >= 0.6 is 15.9 Å². The molecule has 1 amide bonds. The molecule has 0 N–H and O–H groups in total. The molecule has 0 unspecified atom stereocenters. The summed E-state index contributed by atoms with van der Waals surface area (Å²) < 4.78 is 6.44. The number of hydrogen-bond acceptors (Lipinski definition) is 2. The van der Waals surface area contributed by atoms with Crippen molar-refractivity contribution in [2.45, 2.75) is 32.6 Å². The smallest absolute Gasteiger partial charge is 0.418 e. The van der Waals surface area contributed by atoms with Gasteiger partial charge >= 0.3 is 6.09 Å². The van der Waals surface area contributed by atoms with Gasteiger partial charge in [-0.25, -0.2) is 9.69 Å². The van der Waals surface area contributed by atoms with Crippen molar-refractivity contribution < 1.29 is 9.53 Å². The standard InChI is InChI=1S/C19H22BrNO2/c1-2-3-4-8-15-23-19(22)21(17-9-6-5-7-10-17)18-13-11-16(20)12-14-18/h5-7,9-14H,2-4,8,15H2,1H3. The molecule has 0 radical (unpaired) electrons. The van der Waals surface area contributed by atoms with Crippen LogP contribution in [0.25, 0.3) is 0 Å². The molecule has 122 valence electrons. The summed E-state index contributed by atoms with van der Waals surface area (Å²) in [5, 5.41) is 0. The Kier molecular flexibility index (Phi) is 7.14. The van der Waals surface area contributed by atoms with E-state index in [4.69, 9.17) is 4.74 Å². The predicted octanol–water partition coefficient (Wildman–Crippen LogP) is 6.30. The molecule has 0 heterocycles. The number of nitrogens with zero attached hydrogens (tertiary/aromatic N) is 1. The minimum absolute atomic E-state index is 0.338. The lowest BCUT2D eigenvalue weighted by Crippen LogP contribution is -2.27. The van der Waals surface area contributed by atoms with Crippen LogP contribution in [0.15, 0.2) is 59.1 Å². The quantitative estimate of drug-likeness (QED) is 0.531. The van der Waals surface area contributed by atoms with Gasteiger partial charge in [-0.05, 0) is 42.8 Å². The molecule has 0 fully saturated rings. The molecule has 23 heavy (non-hydrogen) atoms. The van der Waals surface area contributed by atoms with Crippen LogP contribution in [0.1, 0.15) is 32.6 Å². The number of amides is 1. The van der Waals surface area contributed by atoms with Gasteiger partial charge in [0, 0.05) is 4.47 Å². The number of para-hydroxylation sites is 1. The van der Waals surface area contributed by atoms with Gasteiger partial charge in [0.25, 0.3) is 0 Å². The molecular formula is C19H22BrNO2. The summed E-state index contributed by atoms with van der Waals surface area (Å²) in [6.07, 6.45) is 4.00. The summed E-state index contributed by atoms with van der Waals surface area (Å²) in [6.45, 7) is 2.62. The summed E-state index contributed by atoms with van der Waals surface area (Å²) in [6, 6.07) is 17.2. The van der Waals surface area contributed by atoms with Crippen molar-refractivity contribution in [1.29, 1.82) is 0 Å². The van der Waals surface area contributed by atoms with Crippen molar-refractivity contribution in [3.63, 3.8) is 0 Å². The van der Waals surface area contributed by atoms with E-state index in [1.807, 2.05) is 54.6 Å². The zero-order valence-corrected chi connectivity index (χ0v) is 15.0. The number of carbonyl (C=O) groups excluding carboxylic acids is 1. The number of carbonyl (C=O) groups is 1. The summed E-state index contributed by atoms with van der Waals surface area (Å²) in [4.78, 5) is 14.2. The number of hydrogen-bond donors (Lipinski definition) is 0. The first kappa shape index (κ1) is 17.5. The van der Waals surface area contributed by atoms with E-state index in [-0.39, 0.29) is 6.09 Å². The fourth-order valence-electron chi connectivity index (χ4n) is 2.28. The van der Waals surface area contributed by atoms with E-state index in [2.05, 4.69) is 22.9 Å². The molecule has 0 aliphatic rings. The Bertz CT molecular complexity index is 599. The second kappa shape index (κ2) is 9.36. The third-order valence-corrected chi connectivity index (χ3v) is 4.03. The molecular weight excluding hydrogens is 354 g/mol. The van der Waals surface area contributed by atoms with E-state index in [9.17, 15) is 4.79 Å². The third-order valence-electron chi connectivity index (χ3n) is 3.51. The fraction of sp³-hybridized carbons (Fsp3) is 0.316. The van der Waals surface area contributed by atoms with Crippen molar-refractivity contribution in [1.82, 2.24) is 0 Å². The lowest BCUT2D eigenvalue weighted by atomic mass is 10.2. The van der Waals surface area contributed by atoms with Crippen LogP contribution < -0.4 is 4.90 Å². The number of rotatable bonds is 7. The van der Waals surface area contributed by atoms with Crippen molar-refractivity contribution in [3.05, 3.63) is 59.1 Å². The fourth-order valence-corrected chi connectivity index (χ4v) is 2.54. The molecule has 0 bridgehead atoms. The Morgan fingerprint density at radius 1 is 0.957 bits per heavy atom. The molecule has 2 aromatic carbocycles. The zero-order valence-electron chi connectivity index (χ0n) is 13.4. The minimum atomic E-state index is -0.338. The number of unbranched alkanes of at least 4 members (excludes halogenated alkanes) is 3. The highest BCUT2D eigenvalue weighted by Gasteiger charge is 2.19. The van der Waals surface area contributed by atoms with Crippen LogP contribution in [-0.2, 0) is 4.74 Å². The molecule has 0 saturated carbocycles. The Morgan fingerprint density at radius 3 is 2.26 bits per heavy atom. The Hall–Kier alpha value is -1.81. The minimum Gasteiger partial charge on any atom is -0.449 e. The largest absolute Gasteiger partial charge is 0.449 e. The average molecular weight is 376 g/mol. The topological polar surface area (TPSA) is 29.5 Å². The van der Waals surface area contributed by atoms with Crippen molar-refractivity contribution >= 4 is 33.4 Å². The first-order valence-electron chi connectivity index (χ1n) is 8.00. The molecule has 0 aliphatic heterocycles. The predicted molar refractivity (Wildman–Crippen MR) is 98.2 cm³/mol. The summed E-state index contributed by atoms with van der Waals surface area (Å²) in [5.74, 6) is 0. The van der Waals surface area contributed by atoms with Crippen LogP contribution in [0, 0.1) is 0 Å². The number of halogens is 1. The molecule has 0 spiro atoms. The van der Waals surface area contributed by atoms with E-state index in [1.54, 1.807) is 4.90 Å². The molecule has 0 aliphatic carbocycles. The van der Waals surface area contributed by atoms with Crippen LogP contribution in [-0.4, -0.2) is 12.7 Å². The number of ether oxygens (including phenoxy) is 1. The maximum atomic E-state index is 12.6. The van der Waals surface area contributed by atoms with Gasteiger partial charge in [0.2, 0.25) is 0 Å². The van der Waals surface area contributed by atoms with Gasteiger partial charge in [-0.3, -0.25) is 0 Å². The lowest BCUT2D eigenvalue weighted by molar-refractivity contribution is 0.154. The number of benzene rings is 2. The van der Waals surface area contributed by atoms with Crippen molar-refractivity contribution in [2.75, 3.05) is 11.5 Å². The van der Waals surface area contributed by atoms with E-state index < -0.39 is 0 Å². The normalized spacial score (nSPS) is 10.3. The molecule has 2 aromatic rings. The second-order valence-corrected chi connectivity index (χ2v) is 6.24. The van der Waals surface area contributed by atoms with Crippen LogP contribution in [0.2, 0.25) is 0 Å². The molecule has 0 aromatic heterocycles. The average Bonchev–Trinajstić information content (AvgIpc) is 2.58. The zero-order chi connectivity index (χ0) is 16.5. The highest BCUT2D eigenvalue weighted by molar-refractivity contribution is 9.10. The van der Waals surface area contributed by atoms with E-state index in [0.717, 1.165) is 28.7 Å². The first-order valence-corrected chi connectivity index (χ1v) is 8.79. The van der Waals surface area contributed by atoms with Crippen molar-refractivity contribution in [3.8, 4) is 0 Å². The Balaban J connectivity index is 2.11. The molecule has 4 heteroatoms. The van der Waals surface area contributed by atoms with Gasteiger partial charge in [-0.1, -0.05) is 60.3 Å². The maximum Gasteiger partial charge on any atom is 0.418 e.